The first-order valence-corrected chi connectivity index (χ1v) is 6.68. The Balaban J connectivity index is 2.28. The molecule has 1 fully saturated rings. The summed E-state index contributed by atoms with van der Waals surface area (Å²) >= 11 is 0. The molecule has 1 atom stereocenters. The highest BCUT2D eigenvalue weighted by atomic mass is 16.2. The van der Waals surface area contributed by atoms with Crippen LogP contribution in [0.5, 0.6) is 0 Å². The van der Waals surface area contributed by atoms with E-state index in [1.54, 1.807) is 6.07 Å². The molecule has 0 aliphatic carbocycles. The van der Waals surface area contributed by atoms with Crippen LogP contribution in [0.2, 0.25) is 0 Å². The van der Waals surface area contributed by atoms with Crippen molar-refractivity contribution < 1.29 is 4.79 Å². The highest BCUT2D eigenvalue weighted by Gasteiger charge is 2.31. The van der Waals surface area contributed by atoms with E-state index in [1.807, 2.05) is 24.0 Å². The van der Waals surface area contributed by atoms with Crippen molar-refractivity contribution in [3.8, 4) is 0 Å². The van der Waals surface area contributed by atoms with Gasteiger partial charge in [-0.25, -0.2) is 0 Å². The van der Waals surface area contributed by atoms with Crippen LogP contribution in [0.1, 0.15) is 42.6 Å². The Hall–Kier alpha value is -1.51. The molecule has 1 unspecified atom stereocenters. The second-order valence-electron chi connectivity index (χ2n) is 5.53. The zero-order valence-corrected chi connectivity index (χ0v) is 11.4. The topological polar surface area (TPSA) is 46.3 Å². The van der Waals surface area contributed by atoms with E-state index in [0.717, 1.165) is 30.5 Å². The number of rotatable bonds is 2. The van der Waals surface area contributed by atoms with Gasteiger partial charge in [-0.1, -0.05) is 19.9 Å². The molecule has 1 amide bonds. The molecule has 1 saturated heterocycles. The second-order valence-corrected chi connectivity index (χ2v) is 5.53. The molecule has 1 aromatic rings. The molecule has 3 heteroatoms. The highest BCUT2D eigenvalue weighted by Crippen LogP contribution is 2.26. The van der Waals surface area contributed by atoms with Crippen LogP contribution in [0.25, 0.3) is 0 Å². The average Bonchev–Trinajstić information content (AvgIpc) is 2.80. The molecule has 18 heavy (non-hydrogen) atoms. The fraction of sp³-hybridized carbons (Fsp3) is 0.533. The van der Waals surface area contributed by atoms with E-state index < -0.39 is 0 Å². The third-order valence-electron chi connectivity index (χ3n) is 3.82. The van der Waals surface area contributed by atoms with Crippen molar-refractivity contribution in [2.24, 2.45) is 5.92 Å². The molecule has 2 rings (SSSR count). The van der Waals surface area contributed by atoms with Crippen LogP contribution in [-0.2, 0) is 0 Å². The summed E-state index contributed by atoms with van der Waals surface area (Å²) in [6.45, 7) is 7.20. The van der Waals surface area contributed by atoms with E-state index in [9.17, 15) is 4.79 Å². The summed E-state index contributed by atoms with van der Waals surface area (Å²) in [5.74, 6) is 0.647. The lowest BCUT2D eigenvalue weighted by Crippen LogP contribution is -2.38. The molecular formula is C15H22N2O. The van der Waals surface area contributed by atoms with Gasteiger partial charge in [0, 0.05) is 23.8 Å². The quantitative estimate of drug-likeness (QED) is 0.816. The minimum Gasteiger partial charge on any atom is -0.399 e. The van der Waals surface area contributed by atoms with E-state index in [4.69, 9.17) is 5.73 Å². The van der Waals surface area contributed by atoms with Gasteiger partial charge in [0.05, 0.1) is 0 Å². The maximum atomic E-state index is 12.6. The minimum atomic E-state index is 0.135. The Bertz CT molecular complexity index is 454. The van der Waals surface area contributed by atoms with Crippen LogP contribution in [0, 0.1) is 12.8 Å². The van der Waals surface area contributed by atoms with Gasteiger partial charge in [-0.3, -0.25) is 4.79 Å². The average molecular weight is 246 g/mol. The van der Waals surface area contributed by atoms with Crippen LogP contribution in [0.15, 0.2) is 18.2 Å². The third-order valence-corrected chi connectivity index (χ3v) is 3.82. The van der Waals surface area contributed by atoms with Crippen molar-refractivity contribution in [2.75, 3.05) is 12.3 Å². The number of nitrogens with two attached hydrogens (primary N) is 1. The van der Waals surface area contributed by atoms with Crippen molar-refractivity contribution in [1.82, 2.24) is 4.90 Å². The number of amides is 1. The van der Waals surface area contributed by atoms with Crippen molar-refractivity contribution in [1.29, 1.82) is 0 Å². The van der Waals surface area contributed by atoms with Gasteiger partial charge < -0.3 is 10.6 Å². The predicted octanol–water partition coefficient (Wildman–Crippen LogP) is 2.84. The lowest BCUT2D eigenvalue weighted by atomic mass is 10.0. The summed E-state index contributed by atoms with van der Waals surface area (Å²) in [5, 5.41) is 0. The Kier molecular flexibility index (Phi) is 3.60. The zero-order valence-electron chi connectivity index (χ0n) is 11.4. The van der Waals surface area contributed by atoms with Crippen LogP contribution in [0.3, 0.4) is 0 Å². The molecule has 3 nitrogen and oxygen atoms in total. The number of hydrogen-bond donors (Lipinski definition) is 1. The van der Waals surface area contributed by atoms with Crippen LogP contribution >= 0.6 is 0 Å². The Morgan fingerprint density at radius 2 is 2.17 bits per heavy atom. The Labute approximate surface area is 109 Å². The van der Waals surface area contributed by atoms with E-state index >= 15 is 0 Å². The summed E-state index contributed by atoms with van der Waals surface area (Å²) in [4.78, 5) is 14.6. The molecule has 1 aliphatic heterocycles. The number of hydrogen-bond acceptors (Lipinski definition) is 2. The fourth-order valence-corrected chi connectivity index (χ4v) is 2.76. The summed E-state index contributed by atoms with van der Waals surface area (Å²) in [6, 6.07) is 5.94. The molecule has 1 aromatic carbocycles. The number of carbonyl (C=O) groups excluding carboxylic acids is 1. The summed E-state index contributed by atoms with van der Waals surface area (Å²) in [6.07, 6.45) is 2.22. The van der Waals surface area contributed by atoms with Crippen molar-refractivity contribution in [2.45, 2.75) is 39.7 Å². The van der Waals surface area contributed by atoms with E-state index in [1.165, 1.54) is 0 Å². The summed E-state index contributed by atoms with van der Waals surface area (Å²) in [5.41, 5.74) is 8.20. The summed E-state index contributed by atoms with van der Waals surface area (Å²) < 4.78 is 0. The number of nitrogens with zero attached hydrogens (tertiary/aromatic N) is 1. The Morgan fingerprint density at radius 3 is 2.83 bits per heavy atom. The molecule has 98 valence electrons. The van der Waals surface area contributed by atoms with Crippen LogP contribution in [0.4, 0.5) is 5.69 Å². The van der Waals surface area contributed by atoms with Gasteiger partial charge in [-0.2, -0.15) is 0 Å². The molecular weight excluding hydrogens is 224 g/mol. The first-order valence-electron chi connectivity index (χ1n) is 6.68. The van der Waals surface area contributed by atoms with Crippen molar-refractivity contribution in [3.63, 3.8) is 0 Å². The number of carbonyl (C=O) groups is 1. The number of likely N-dealkylation sites (tertiary alicyclic amines) is 1. The number of aryl methyl sites for hydroxylation is 1. The van der Waals surface area contributed by atoms with E-state index in [2.05, 4.69) is 13.8 Å². The standard InChI is InChI=1S/C15H22N2O/c1-10(2)14-5-4-8-17(14)15(18)13-9-12(16)7-6-11(13)3/h6-7,9-10,14H,4-5,8,16H2,1-3H3. The Morgan fingerprint density at radius 1 is 1.44 bits per heavy atom. The van der Waals surface area contributed by atoms with Gasteiger partial charge >= 0.3 is 0 Å². The third kappa shape index (κ3) is 2.35. The molecule has 0 bridgehead atoms. The lowest BCUT2D eigenvalue weighted by molar-refractivity contribution is 0.0701. The van der Waals surface area contributed by atoms with Crippen molar-refractivity contribution in [3.05, 3.63) is 29.3 Å². The molecule has 0 aromatic heterocycles. The van der Waals surface area contributed by atoms with Crippen LogP contribution < -0.4 is 5.73 Å². The predicted molar refractivity (Wildman–Crippen MR) is 74.5 cm³/mol. The normalized spacial score (nSPS) is 19.6. The molecule has 0 radical (unpaired) electrons. The fourth-order valence-electron chi connectivity index (χ4n) is 2.76. The zero-order chi connectivity index (χ0) is 13.3. The number of benzene rings is 1. The first-order chi connectivity index (χ1) is 8.50. The lowest BCUT2D eigenvalue weighted by Gasteiger charge is -2.28. The van der Waals surface area contributed by atoms with Crippen molar-refractivity contribution >= 4 is 11.6 Å². The molecule has 1 heterocycles. The van der Waals surface area contributed by atoms with Gasteiger partial charge in [-0.15, -0.1) is 0 Å². The summed E-state index contributed by atoms with van der Waals surface area (Å²) in [7, 11) is 0. The van der Waals surface area contributed by atoms with Gasteiger partial charge in [0.25, 0.3) is 5.91 Å². The highest BCUT2D eigenvalue weighted by molar-refractivity contribution is 5.96. The van der Waals surface area contributed by atoms with E-state index in [0.29, 0.717) is 17.6 Å². The van der Waals surface area contributed by atoms with E-state index in [-0.39, 0.29) is 5.91 Å². The number of anilines is 1. The smallest absolute Gasteiger partial charge is 0.254 e. The molecule has 2 N–H and O–H groups in total. The first kappa shape index (κ1) is 12.9. The molecule has 0 saturated carbocycles. The second kappa shape index (κ2) is 5.01. The van der Waals surface area contributed by atoms with Gasteiger partial charge in [0.1, 0.15) is 0 Å². The largest absolute Gasteiger partial charge is 0.399 e. The van der Waals surface area contributed by atoms with Gasteiger partial charge in [-0.05, 0) is 43.4 Å². The monoisotopic (exact) mass is 246 g/mol. The maximum absolute atomic E-state index is 12.6. The van der Waals surface area contributed by atoms with Crippen LogP contribution in [-0.4, -0.2) is 23.4 Å². The molecule has 1 aliphatic rings. The maximum Gasteiger partial charge on any atom is 0.254 e. The van der Waals surface area contributed by atoms with Gasteiger partial charge in [0.2, 0.25) is 0 Å². The van der Waals surface area contributed by atoms with Gasteiger partial charge in [0.15, 0.2) is 0 Å². The minimum absolute atomic E-state index is 0.135. The molecule has 0 spiro atoms. The number of nitrogen functional groups attached to an aromatic ring is 1. The SMILES string of the molecule is Cc1ccc(N)cc1C(=O)N1CCCC1C(C)C.